The van der Waals surface area contributed by atoms with E-state index in [1.165, 1.54) is 5.56 Å². The largest absolute Gasteiger partial charge is 0.493 e. The zero-order valence-electron chi connectivity index (χ0n) is 13.8. The van der Waals surface area contributed by atoms with Crippen molar-refractivity contribution in [1.82, 2.24) is 4.90 Å². The van der Waals surface area contributed by atoms with E-state index in [4.69, 9.17) is 9.47 Å². The monoisotopic (exact) mass is 323 g/mol. The minimum atomic E-state index is 0.216. The maximum atomic E-state index is 11.9. The lowest BCUT2D eigenvalue weighted by atomic mass is 9.85. The summed E-state index contributed by atoms with van der Waals surface area (Å²) < 4.78 is 11.6. The zero-order valence-corrected chi connectivity index (χ0v) is 13.8. The number of rotatable bonds is 4. The van der Waals surface area contributed by atoms with E-state index in [-0.39, 0.29) is 11.8 Å². The molecule has 0 N–H and O–H groups in total. The first-order chi connectivity index (χ1) is 11.8. The van der Waals surface area contributed by atoms with Crippen molar-refractivity contribution in [2.24, 2.45) is 0 Å². The molecule has 4 heteroatoms. The Morgan fingerprint density at radius 2 is 2.00 bits per heavy atom. The van der Waals surface area contributed by atoms with Crippen molar-refractivity contribution in [3.05, 3.63) is 53.6 Å². The van der Waals surface area contributed by atoms with Gasteiger partial charge in [0.25, 0.3) is 0 Å². The van der Waals surface area contributed by atoms with Crippen LogP contribution in [-0.4, -0.2) is 31.0 Å². The number of benzene rings is 2. The molecule has 2 aliphatic rings. The second kappa shape index (κ2) is 6.19. The minimum Gasteiger partial charge on any atom is -0.493 e. The number of carbonyl (C=O) groups is 1. The molecule has 0 aromatic heterocycles. The van der Waals surface area contributed by atoms with E-state index < -0.39 is 0 Å². The number of methoxy groups -OCH3 is 1. The van der Waals surface area contributed by atoms with Crippen molar-refractivity contribution in [2.75, 3.05) is 20.2 Å². The summed E-state index contributed by atoms with van der Waals surface area (Å²) in [6.45, 7) is 1.67. The average molecular weight is 323 g/mol. The third-order valence-corrected chi connectivity index (χ3v) is 4.97. The first-order valence-electron chi connectivity index (χ1n) is 8.49. The molecule has 0 radical (unpaired) electrons. The number of ether oxygens (including phenoxy) is 2. The van der Waals surface area contributed by atoms with Gasteiger partial charge in [-0.25, -0.2) is 0 Å². The van der Waals surface area contributed by atoms with Gasteiger partial charge in [0.1, 0.15) is 5.75 Å². The Bertz CT molecular complexity index is 771. The zero-order chi connectivity index (χ0) is 16.5. The number of hydrogen-bond donors (Lipinski definition) is 0. The summed E-state index contributed by atoms with van der Waals surface area (Å²) in [4.78, 5) is 13.9. The molecule has 0 bridgehead atoms. The smallest absolute Gasteiger partial charge is 0.222 e. The van der Waals surface area contributed by atoms with Crippen molar-refractivity contribution >= 4 is 5.91 Å². The molecule has 1 unspecified atom stereocenters. The SMILES string of the molecule is COc1cccc2c1Oc1ccccc1C2CCN1CCCC1=O. The van der Waals surface area contributed by atoms with Crippen LogP contribution in [0.4, 0.5) is 0 Å². The van der Waals surface area contributed by atoms with Crippen LogP contribution >= 0.6 is 0 Å². The Hall–Kier alpha value is -2.49. The van der Waals surface area contributed by atoms with Gasteiger partial charge in [-0.05, 0) is 25.0 Å². The first kappa shape index (κ1) is 15.1. The Labute approximate surface area is 142 Å². The van der Waals surface area contributed by atoms with E-state index in [1.54, 1.807) is 7.11 Å². The van der Waals surface area contributed by atoms with Crippen molar-refractivity contribution in [1.29, 1.82) is 0 Å². The van der Waals surface area contributed by atoms with E-state index in [2.05, 4.69) is 12.1 Å². The predicted molar refractivity (Wildman–Crippen MR) is 91.8 cm³/mol. The van der Waals surface area contributed by atoms with Crippen molar-refractivity contribution in [3.8, 4) is 17.2 Å². The van der Waals surface area contributed by atoms with Crippen LogP contribution in [-0.2, 0) is 4.79 Å². The minimum absolute atomic E-state index is 0.216. The van der Waals surface area contributed by atoms with Crippen LogP contribution < -0.4 is 9.47 Å². The topological polar surface area (TPSA) is 38.8 Å². The number of likely N-dealkylation sites (tertiary alicyclic amines) is 1. The molecule has 1 amide bonds. The van der Waals surface area contributed by atoms with Gasteiger partial charge in [0.2, 0.25) is 5.91 Å². The number of hydrogen-bond acceptors (Lipinski definition) is 3. The third-order valence-electron chi connectivity index (χ3n) is 4.97. The van der Waals surface area contributed by atoms with Gasteiger partial charge in [0, 0.05) is 36.6 Å². The molecule has 1 saturated heterocycles. The summed E-state index contributed by atoms with van der Waals surface area (Å²) in [5.41, 5.74) is 2.32. The molecule has 2 heterocycles. The number of nitrogens with zero attached hydrogens (tertiary/aromatic N) is 1. The normalized spacial score (nSPS) is 18.8. The van der Waals surface area contributed by atoms with Crippen molar-refractivity contribution in [3.63, 3.8) is 0 Å². The van der Waals surface area contributed by atoms with Gasteiger partial charge in [0.15, 0.2) is 11.5 Å². The summed E-state index contributed by atoms with van der Waals surface area (Å²) in [6, 6.07) is 14.2. The van der Waals surface area contributed by atoms with Crippen LogP contribution in [0.25, 0.3) is 0 Å². The highest BCUT2D eigenvalue weighted by Crippen LogP contribution is 2.49. The second-order valence-corrected chi connectivity index (χ2v) is 6.34. The van der Waals surface area contributed by atoms with E-state index >= 15 is 0 Å². The van der Waals surface area contributed by atoms with E-state index in [1.807, 2.05) is 35.2 Å². The highest BCUT2D eigenvalue weighted by Gasteiger charge is 2.30. The number of para-hydroxylation sites is 2. The molecule has 0 aliphatic carbocycles. The van der Waals surface area contributed by atoms with Crippen LogP contribution in [0.5, 0.6) is 17.2 Å². The van der Waals surface area contributed by atoms with Crippen LogP contribution in [0.3, 0.4) is 0 Å². The van der Waals surface area contributed by atoms with E-state index in [0.29, 0.717) is 6.42 Å². The maximum absolute atomic E-state index is 11.9. The average Bonchev–Trinajstić information content (AvgIpc) is 3.03. The van der Waals surface area contributed by atoms with Crippen molar-refractivity contribution in [2.45, 2.75) is 25.2 Å². The molecule has 2 aromatic rings. The second-order valence-electron chi connectivity index (χ2n) is 6.34. The molecule has 1 atom stereocenters. The molecular formula is C20H21NO3. The Kier molecular flexibility index (Phi) is 3.89. The molecule has 2 aliphatic heterocycles. The van der Waals surface area contributed by atoms with E-state index in [0.717, 1.165) is 48.7 Å². The first-order valence-corrected chi connectivity index (χ1v) is 8.49. The lowest BCUT2D eigenvalue weighted by molar-refractivity contribution is -0.127. The molecule has 124 valence electrons. The number of carbonyl (C=O) groups excluding carboxylic acids is 1. The highest BCUT2D eigenvalue weighted by molar-refractivity contribution is 5.78. The van der Waals surface area contributed by atoms with Gasteiger partial charge in [-0.3, -0.25) is 4.79 Å². The molecule has 0 saturated carbocycles. The lowest BCUT2D eigenvalue weighted by Gasteiger charge is -2.30. The van der Waals surface area contributed by atoms with Gasteiger partial charge in [-0.2, -0.15) is 0 Å². The molecule has 24 heavy (non-hydrogen) atoms. The lowest BCUT2D eigenvalue weighted by Crippen LogP contribution is -2.27. The van der Waals surface area contributed by atoms with Gasteiger partial charge in [-0.15, -0.1) is 0 Å². The molecule has 4 nitrogen and oxygen atoms in total. The van der Waals surface area contributed by atoms with Gasteiger partial charge >= 0.3 is 0 Å². The van der Waals surface area contributed by atoms with E-state index in [9.17, 15) is 4.79 Å². The fraction of sp³-hybridized carbons (Fsp3) is 0.350. The van der Waals surface area contributed by atoms with Crippen LogP contribution in [0.2, 0.25) is 0 Å². The molecular weight excluding hydrogens is 302 g/mol. The van der Waals surface area contributed by atoms with Crippen LogP contribution in [0.15, 0.2) is 42.5 Å². The molecule has 4 rings (SSSR count). The standard InChI is InChI=1S/C20H21NO3/c1-23-18-9-4-7-16-14(11-13-21-12-5-10-19(21)22)15-6-2-3-8-17(15)24-20(16)18/h2-4,6-9,14H,5,10-13H2,1H3. The van der Waals surface area contributed by atoms with Crippen LogP contribution in [0.1, 0.15) is 36.3 Å². The number of amides is 1. The molecule has 1 fully saturated rings. The Morgan fingerprint density at radius 1 is 1.17 bits per heavy atom. The predicted octanol–water partition coefficient (Wildman–Crippen LogP) is 3.95. The molecule has 2 aromatic carbocycles. The summed E-state index contributed by atoms with van der Waals surface area (Å²) in [5.74, 6) is 2.93. The Balaban J connectivity index is 1.69. The van der Waals surface area contributed by atoms with Gasteiger partial charge in [0.05, 0.1) is 7.11 Å². The van der Waals surface area contributed by atoms with Gasteiger partial charge in [-0.1, -0.05) is 30.3 Å². The third kappa shape index (κ3) is 2.52. The fourth-order valence-electron chi connectivity index (χ4n) is 3.75. The summed E-state index contributed by atoms with van der Waals surface area (Å²) in [6.07, 6.45) is 2.56. The summed E-state index contributed by atoms with van der Waals surface area (Å²) >= 11 is 0. The fourth-order valence-corrected chi connectivity index (χ4v) is 3.75. The maximum Gasteiger partial charge on any atom is 0.222 e. The summed E-state index contributed by atoms with van der Waals surface area (Å²) in [5, 5.41) is 0. The Morgan fingerprint density at radius 3 is 2.79 bits per heavy atom. The van der Waals surface area contributed by atoms with Crippen LogP contribution in [0, 0.1) is 0 Å². The summed E-state index contributed by atoms with van der Waals surface area (Å²) in [7, 11) is 1.66. The van der Waals surface area contributed by atoms with Gasteiger partial charge < -0.3 is 14.4 Å². The highest BCUT2D eigenvalue weighted by atomic mass is 16.5. The quantitative estimate of drug-likeness (QED) is 0.855. The van der Waals surface area contributed by atoms with Crippen molar-refractivity contribution < 1.29 is 14.3 Å². The molecule has 0 spiro atoms. The number of fused-ring (bicyclic) bond motifs is 2.